The van der Waals surface area contributed by atoms with Crippen molar-refractivity contribution in [1.29, 1.82) is 0 Å². The van der Waals surface area contributed by atoms with Gasteiger partial charge in [0.25, 0.3) is 0 Å². The Labute approximate surface area is 354 Å². The standard InChI is InChI=1S/C56H42N4O/c1-3-37(34-40-22-13-14-25-44(40)43-32-33-49-52(36(43)2)46-26-15-16-28-48(46)60(49)42-23-11-6-12-24-42)54-57-55(39-20-9-5-10-21-39)59-56(58-54)41-30-31-47-51(35-41)61-50-29-17-27-45(53(47)50)38-18-7-4-8-19-38/h4-33,35,37H,3,34H2,1-2H3. The molecule has 0 saturated carbocycles. The third-order valence-corrected chi connectivity index (χ3v) is 12.3. The normalized spacial score (nSPS) is 12.2. The largest absolute Gasteiger partial charge is 0.456 e. The van der Waals surface area contributed by atoms with Crippen LogP contribution in [0.4, 0.5) is 0 Å². The Balaban J connectivity index is 1.01. The molecule has 0 aliphatic rings. The molecule has 1 atom stereocenters. The molecule has 0 N–H and O–H groups in total. The first kappa shape index (κ1) is 36.4. The molecule has 0 fully saturated rings. The highest BCUT2D eigenvalue weighted by Crippen LogP contribution is 2.41. The second kappa shape index (κ2) is 15.2. The third kappa shape index (κ3) is 6.37. The molecule has 0 aliphatic carbocycles. The van der Waals surface area contributed by atoms with Gasteiger partial charge in [0.05, 0.1) is 11.0 Å². The van der Waals surface area contributed by atoms with Crippen LogP contribution in [0.25, 0.3) is 94.5 Å². The number of nitrogens with zero attached hydrogens (tertiary/aromatic N) is 4. The predicted molar refractivity (Wildman–Crippen MR) is 251 cm³/mol. The van der Waals surface area contributed by atoms with Crippen molar-refractivity contribution in [3.63, 3.8) is 0 Å². The smallest absolute Gasteiger partial charge is 0.163 e. The van der Waals surface area contributed by atoms with Gasteiger partial charge in [0.15, 0.2) is 11.6 Å². The first-order valence-electron chi connectivity index (χ1n) is 21.1. The SMILES string of the molecule is CCC(Cc1ccccc1-c1ccc2c(c1C)c1ccccc1n2-c1ccccc1)c1nc(-c2ccccc2)nc(-c2ccc3c(c2)oc2cccc(-c4ccccc4)c23)n1. The molecule has 5 heteroatoms. The number of hydrogen-bond acceptors (Lipinski definition) is 4. The fourth-order valence-electron chi connectivity index (χ4n) is 9.27. The summed E-state index contributed by atoms with van der Waals surface area (Å²) < 4.78 is 8.92. The molecule has 0 aliphatic heterocycles. The summed E-state index contributed by atoms with van der Waals surface area (Å²) in [5.41, 5.74) is 14.4. The Morgan fingerprint density at radius 3 is 1.95 bits per heavy atom. The van der Waals surface area contributed by atoms with Gasteiger partial charge in [0, 0.05) is 44.3 Å². The van der Waals surface area contributed by atoms with E-state index in [1.165, 1.54) is 44.1 Å². The summed E-state index contributed by atoms with van der Waals surface area (Å²) in [4.78, 5) is 15.6. The van der Waals surface area contributed by atoms with E-state index in [0.717, 1.165) is 68.5 Å². The van der Waals surface area contributed by atoms with Crippen LogP contribution >= 0.6 is 0 Å². The van der Waals surface area contributed by atoms with E-state index in [9.17, 15) is 0 Å². The van der Waals surface area contributed by atoms with Gasteiger partial charge >= 0.3 is 0 Å². The van der Waals surface area contributed by atoms with Crippen molar-refractivity contribution in [2.45, 2.75) is 32.6 Å². The number of aryl methyl sites for hydroxylation is 1. The molecule has 0 amide bonds. The summed E-state index contributed by atoms with van der Waals surface area (Å²) >= 11 is 0. The van der Waals surface area contributed by atoms with Gasteiger partial charge in [-0.05, 0) is 95.6 Å². The summed E-state index contributed by atoms with van der Waals surface area (Å²) in [5.74, 6) is 2.13. The van der Waals surface area contributed by atoms with Crippen LogP contribution in [0.5, 0.6) is 0 Å². The van der Waals surface area contributed by atoms with Crippen LogP contribution < -0.4 is 0 Å². The molecule has 0 saturated heterocycles. The Bertz CT molecular complexity index is 3390. The number of fused-ring (bicyclic) bond motifs is 6. The van der Waals surface area contributed by atoms with Crippen LogP contribution in [0, 0.1) is 6.92 Å². The Hall–Kier alpha value is -7.63. The fraction of sp³-hybridized carbons (Fsp3) is 0.0893. The summed E-state index contributed by atoms with van der Waals surface area (Å²) in [6, 6.07) is 66.2. The lowest BCUT2D eigenvalue weighted by molar-refractivity contribution is 0.616. The van der Waals surface area contributed by atoms with Crippen molar-refractivity contribution in [3.8, 4) is 50.7 Å². The molecular weight excluding hydrogens is 745 g/mol. The first-order valence-corrected chi connectivity index (χ1v) is 21.1. The Morgan fingerprint density at radius 2 is 1.16 bits per heavy atom. The van der Waals surface area contributed by atoms with Crippen molar-refractivity contribution < 1.29 is 4.42 Å². The number of furan rings is 1. The predicted octanol–water partition coefficient (Wildman–Crippen LogP) is 14.6. The molecule has 3 aromatic heterocycles. The van der Waals surface area contributed by atoms with Crippen LogP contribution in [0.1, 0.15) is 36.2 Å². The Kier molecular flexibility index (Phi) is 9.08. The minimum absolute atomic E-state index is 0.0396. The highest BCUT2D eigenvalue weighted by atomic mass is 16.3. The lowest BCUT2D eigenvalue weighted by Crippen LogP contribution is -2.11. The average molecular weight is 787 g/mol. The molecule has 5 nitrogen and oxygen atoms in total. The molecule has 61 heavy (non-hydrogen) atoms. The number of rotatable bonds is 9. The van der Waals surface area contributed by atoms with Gasteiger partial charge < -0.3 is 8.98 Å². The molecule has 3 heterocycles. The topological polar surface area (TPSA) is 56.7 Å². The van der Waals surface area contributed by atoms with Crippen LogP contribution in [0.3, 0.4) is 0 Å². The Morgan fingerprint density at radius 1 is 0.492 bits per heavy atom. The van der Waals surface area contributed by atoms with Crippen LogP contribution in [0.2, 0.25) is 0 Å². The van der Waals surface area contributed by atoms with Crippen molar-refractivity contribution >= 4 is 43.7 Å². The molecule has 1 unspecified atom stereocenters. The van der Waals surface area contributed by atoms with E-state index < -0.39 is 0 Å². The molecule has 292 valence electrons. The summed E-state index contributed by atoms with van der Waals surface area (Å²) in [5, 5.41) is 4.72. The minimum atomic E-state index is 0.0396. The van der Waals surface area contributed by atoms with E-state index in [2.05, 4.69) is 176 Å². The maximum Gasteiger partial charge on any atom is 0.163 e. The summed E-state index contributed by atoms with van der Waals surface area (Å²) in [7, 11) is 0. The van der Waals surface area contributed by atoms with Crippen molar-refractivity contribution in [3.05, 3.63) is 205 Å². The highest BCUT2D eigenvalue weighted by Gasteiger charge is 2.23. The van der Waals surface area contributed by atoms with Gasteiger partial charge in [-0.1, -0.05) is 153 Å². The first-order chi connectivity index (χ1) is 30.1. The van der Waals surface area contributed by atoms with Gasteiger partial charge in [-0.3, -0.25) is 0 Å². The highest BCUT2D eigenvalue weighted by molar-refractivity contribution is 6.14. The maximum atomic E-state index is 6.54. The number of hydrogen-bond donors (Lipinski definition) is 0. The second-order valence-corrected chi connectivity index (χ2v) is 15.9. The summed E-state index contributed by atoms with van der Waals surface area (Å²) in [6.07, 6.45) is 1.64. The minimum Gasteiger partial charge on any atom is -0.456 e. The fourth-order valence-corrected chi connectivity index (χ4v) is 9.27. The molecule has 0 spiro atoms. The van der Waals surface area contributed by atoms with E-state index in [4.69, 9.17) is 19.4 Å². The number of benzene rings is 8. The molecular formula is C56H42N4O. The number of para-hydroxylation sites is 2. The number of aromatic nitrogens is 4. The summed E-state index contributed by atoms with van der Waals surface area (Å²) in [6.45, 7) is 4.51. The second-order valence-electron chi connectivity index (χ2n) is 15.9. The van der Waals surface area contributed by atoms with Crippen molar-refractivity contribution in [2.24, 2.45) is 0 Å². The van der Waals surface area contributed by atoms with E-state index >= 15 is 0 Å². The van der Waals surface area contributed by atoms with Crippen molar-refractivity contribution in [1.82, 2.24) is 19.5 Å². The van der Waals surface area contributed by atoms with Crippen molar-refractivity contribution in [2.75, 3.05) is 0 Å². The molecule has 8 aromatic carbocycles. The van der Waals surface area contributed by atoms with Gasteiger partial charge in [-0.25, -0.2) is 15.0 Å². The van der Waals surface area contributed by atoms with Gasteiger partial charge in [0.1, 0.15) is 17.0 Å². The lowest BCUT2D eigenvalue weighted by Gasteiger charge is -2.19. The third-order valence-electron chi connectivity index (χ3n) is 12.3. The van der Waals surface area contributed by atoms with E-state index in [1.54, 1.807) is 0 Å². The molecule has 0 bridgehead atoms. The molecule has 11 rings (SSSR count). The monoisotopic (exact) mass is 786 g/mol. The molecule has 11 aromatic rings. The van der Waals surface area contributed by atoms with E-state index in [-0.39, 0.29) is 5.92 Å². The van der Waals surface area contributed by atoms with Gasteiger partial charge in [-0.15, -0.1) is 0 Å². The quantitative estimate of drug-likeness (QED) is 0.146. The lowest BCUT2D eigenvalue weighted by atomic mass is 9.88. The van der Waals surface area contributed by atoms with E-state index in [0.29, 0.717) is 11.6 Å². The average Bonchev–Trinajstić information content (AvgIpc) is 3.88. The zero-order chi connectivity index (χ0) is 40.9. The van der Waals surface area contributed by atoms with Crippen LogP contribution in [-0.4, -0.2) is 19.5 Å². The van der Waals surface area contributed by atoms with Gasteiger partial charge in [0.2, 0.25) is 0 Å². The van der Waals surface area contributed by atoms with Crippen LogP contribution in [-0.2, 0) is 6.42 Å². The van der Waals surface area contributed by atoms with Gasteiger partial charge in [-0.2, -0.15) is 0 Å². The zero-order valence-corrected chi connectivity index (χ0v) is 34.1. The maximum absolute atomic E-state index is 6.54. The molecule has 0 radical (unpaired) electrons. The van der Waals surface area contributed by atoms with E-state index in [1.807, 2.05) is 30.3 Å². The zero-order valence-electron chi connectivity index (χ0n) is 34.1. The van der Waals surface area contributed by atoms with Crippen LogP contribution in [0.15, 0.2) is 192 Å².